The van der Waals surface area contributed by atoms with Crippen LogP contribution < -0.4 is 10.5 Å². The summed E-state index contributed by atoms with van der Waals surface area (Å²) in [6.45, 7) is 5.33. The highest BCUT2D eigenvalue weighted by atomic mass is 32.2. The molecule has 8 heteroatoms. The van der Waals surface area contributed by atoms with E-state index in [0.717, 1.165) is 13.0 Å². The number of sulfonamides is 1. The molecule has 0 bridgehead atoms. The van der Waals surface area contributed by atoms with E-state index in [1.807, 2.05) is 18.2 Å². The zero-order valence-electron chi connectivity index (χ0n) is 17.7. The molecule has 0 aliphatic rings. The van der Waals surface area contributed by atoms with E-state index in [1.54, 1.807) is 30.4 Å². The lowest BCUT2D eigenvalue weighted by atomic mass is 10.1. The van der Waals surface area contributed by atoms with E-state index in [1.165, 1.54) is 21.4 Å². The maximum Gasteiger partial charge on any atom is 0.238 e. The van der Waals surface area contributed by atoms with Gasteiger partial charge >= 0.3 is 0 Å². The van der Waals surface area contributed by atoms with Crippen molar-refractivity contribution in [3.63, 3.8) is 0 Å². The first-order valence-electron chi connectivity index (χ1n) is 9.95. The van der Waals surface area contributed by atoms with Crippen molar-refractivity contribution in [1.29, 1.82) is 0 Å². The van der Waals surface area contributed by atoms with Crippen LogP contribution in [0.2, 0.25) is 0 Å². The summed E-state index contributed by atoms with van der Waals surface area (Å²) in [5, 5.41) is 8.08. The lowest BCUT2D eigenvalue weighted by molar-refractivity contribution is -0.117. The van der Waals surface area contributed by atoms with Gasteiger partial charge in [0.25, 0.3) is 0 Å². The zero-order valence-corrected chi connectivity index (χ0v) is 19.3. The summed E-state index contributed by atoms with van der Waals surface area (Å²) in [7, 11) is -3.85. The van der Waals surface area contributed by atoms with E-state index in [9.17, 15) is 13.2 Å². The standard InChI is InChI=1S/C23H27N3O3S2/c1-17-8-10-20(14-22(17)31(24,28)29)25-23(27)16-26(15-21-11-9-18(2)30-21)13-12-19-6-4-3-5-7-19/h3-11,14H,12-13,15-16H2,1-2H3,(H,25,27)(H2,24,28,29). The van der Waals surface area contributed by atoms with Gasteiger partial charge in [0, 0.05) is 28.5 Å². The van der Waals surface area contributed by atoms with Crippen molar-refractivity contribution in [1.82, 2.24) is 4.90 Å². The summed E-state index contributed by atoms with van der Waals surface area (Å²) in [6, 6.07) is 19.0. The molecule has 0 saturated heterocycles. The molecule has 1 heterocycles. The fraction of sp³-hybridized carbons (Fsp3) is 0.261. The summed E-state index contributed by atoms with van der Waals surface area (Å²) in [4.78, 5) is 17.3. The van der Waals surface area contributed by atoms with E-state index in [0.29, 0.717) is 17.8 Å². The average Bonchev–Trinajstić information content (AvgIpc) is 3.12. The van der Waals surface area contributed by atoms with Crippen LogP contribution in [0, 0.1) is 13.8 Å². The minimum Gasteiger partial charge on any atom is -0.325 e. The SMILES string of the molecule is Cc1ccc(CN(CCc2ccccc2)CC(=O)Nc2ccc(C)c(S(N)(=O)=O)c2)s1. The molecule has 0 aliphatic heterocycles. The Balaban J connectivity index is 1.69. The van der Waals surface area contributed by atoms with Crippen LogP contribution in [-0.4, -0.2) is 32.3 Å². The molecule has 1 amide bonds. The summed E-state index contributed by atoms with van der Waals surface area (Å²) < 4.78 is 23.5. The predicted molar refractivity (Wildman–Crippen MR) is 126 cm³/mol. The normalized spacial score (nSPS) is 11.6. The van der Waals surface area contributed by atoms with E-state index in [-0.39, 0.29) is 17.3 Å². The van der Waals surface area contributed by atoms with Crippen molar-refractivity contribution in [3.8, 4) is 0 Å². The molecule has 31 heavy (non-hydrogen) atoms. The van der Waals surface area contributed by atoms with Crippen molar-refractivity contribution in [3.05, 3.63) is 81.5 Å². The number of rotatable bonds is 9. The molecule has 0 spiro atoms. The number of primary sulfonamides is 1. The van der Waals surface area contributed by atoms with Gasteiger partial charge in [-0.3, -0.25) is 9.69 Å². The fourth-order valence-electron chi connectivity index (χ4n) is 3.32. The van der Waals surface area contributed by atoms with Crippen molar-refractivity contribution in [2.75, 3.05) is 18.4 Å². The van der Waals surface area contributed by atoms with Gasteiger partial charge in [0.2, 0.25) is 15.9 Å². The number of carbonyl (C=O) groups excluding carboxylic acids is 1. The van der Waals surface area contributed by atoms with Crippen LogP contribution in [0.3, 0.4) is 0 Å². The van der Waals surface area contributed by atoms with Gasteiger partial charge in [-0.05, 0) is 55.7 Å². The minimum absolute atomic E-state index is 0.0142. The summed E-state index contributed by atoms with van der Waals surface area (Å²) in [5.74, 6) is -0.203. The number of carbonyl (C=O) groups is 1. The van der Waals surface area contributed by atoms with Crippen LogP contribution in [-0.2, 0) is 27.8 Å². The van der Waals surface area contributed by atoms with Crippen LogP contribution in [0.15, 0.2) is 65.6 Å². The van der Waals surface area contributed by atoms with Crippen LogP contribution >= 0.6 is 11.3 Å². The molecule has 0 unspecified atom stereocenters. The van der Waals surface area contributed by atoms with E-state index < -0.39 is 10.0 Å². The number of anilines is 1. The smallest absolute Gasteiger partial charge is 0.238 e. The molecule has 2 aromatic carbocycles. The molecular weight excluding hydrogens is 430 g/mol. The molecule has 0 atom stereocenters. The molecule has 0 aliphatic carbocycles. The Morgan fingerprint density at radius 1 is 1.06 bits per heavy atom. The second-order valence-corrected chi connectivity index (χ2v) is 10.4. The summed E-state index contributed by atoms with van der Waals surface area (Å²) in [6.07, 6.45) is 0.832. The maximum absolute atomic E-state index is 12.7. The van der Waals surface area contributed by atoms with Gasteiger partial charge in [-0.25, -0.2) is 13.6 Å². The van der Waals surface area contributed by atoms with Gasteiger partial charge in [0.1, 0.15) is 0 Å². The van der Waals surface area contributed by atoms with E-state index in [4.69, 9.17) is 5.14 Å². The number of hydrogen-bond donors (Lipinski definition) is 2. The average molecular weight is 458 g/mol. The Hall–Kier alpha value is -2.52. The first-order chi connectivity index (χ1) is 14.7. The Morgan fingerprint density at radius 2 is 1.81 bits per heavy atom. The first kappa shape index (κ1) is 23.1. The molecule has 0 radical (unpaired) electrons. The van der Waals surface area contributed by atoms with Crippen LogP contribution in [0.1, 0.15) is 20.9 Å². The molecule has 0 fully saturated rings. The molecule has 6 nitrogen and oxygen atoms in total. The largest absolute Gasteiger partial charge is 0.325 e. The van der Waals surface area contributed by atoms with Crippen molar-refractivity contribution < 1.29 is 13.2 Å². The van der Waals surface area contributed by atoms with Crippen LogP contribution in [0.4, 0.5) is 5.69 Å². The van der Waals surface area contributed by atoms with Crippen LogP contribution in [0.25, 0.3) is 0 Å². The van der Waals surface area contributed by atoms with E-state index in [2.05, 4.69) is 41.4 Å². The Bertz CT molecular complexity index is 1140. The lowest BCUT2D eigenvalue weighted by Crippen LogP contribution is -2.34. The van der Waals surface area contributed by atoms with Gasteiger partial charge < -0.3 is 5.32 Å². The van der Waals surface area contributed by atoms with Crippen molar-refractivity contribution in [2.24, 2.45) is 5.14 Å². The second kappa shape index (κ2) is 10.2. The summed E-state index contributed by atoms with van der Waals surface area (Å²) >= 11 is 1.72. The minimum atomic E-state index is -3.85. The highest BCUT2D eigenvalue weighted by molar-refractivity contribution is 7.89. The third-order valence-corrected chi connectivity index (χ3v) is 6.92. The summed E-state index contributed by atoms with van der Waals surface area (Å²) in [5.41, 5.74) is 2.17. The predicted octanol–water partition coefficient (Wildman–Crippen LogP) is 3.70. The number of nitrogens with zero attached hydrogens (tertiary/aromatic N) is 1. The molecule has 3 N–H and O–H groups in total. The third kappa shape index (κ3) is 7.00. The zero-order chi connectivity index (χ0) is 22.4. The Morgan fingerprint density at radius 3 is 2.45 bits per heavy atom. The van der Waals surface area contributed by atoms with E-state index >= 15 is 0 Å². The fourth-order valence-corrected chi connectivity index (χ4v) is 5.07. The van der Waals surface area contributed by atoms with Gasteiger partial charge in [0.05, 0.1) is 11.4 Å². The Kier molecular flexibility index (Phi) is 7.61. The second-order valence-electron chi connectivity index (χ2n) is 7.53. The monoisotopic (exact) mass is 457 g/mol. The van der Waals surface area contributed by atoms with Gasteiger partial charge in [-0.1, -0.05) is 36.4 Å². The van der Waals surface area contributed by atoms with Crippen molar-refractivity contribution in [2.45, 2.75) is 31.7 Å². The van der Waals surface area contributed by atoms with Crippen LogP contribution in [0.5, 0.6) is 0 Å². The van der Waals surface area contributed by atoms with Gasteiger partial charge in [-0.2, -0.15) is 0 Å². The van der Waals surface area contributed by atoms with Gasteiger partial charge in [0.15, 0.2) is 0 Å². The lowest BCUT2D eigenvalue weighted by Gasteiger charge is -2.21. The number of thiophene rings is 1. The highest BCUT2D eigenvalue weighted by Crippen LogP contribution is 2.20. The third-order valence-electron chi connectivity index (χ3n) is 4.88. The molecule has 0 saturated carbocycles. The topological polar surface area (TPSA) is 92.5 Å². The van der Waals surface area contributed by atoms with Gasteiger partial charge in [-0.15, -0.1) is 11.3 Å². The molecule has 3 aromatic rings. The Labute approximate surface area is 187 Å². The van der Waals surface area contributed by atoms with Crippen molar-refractivity contribution >= 4 is 33.0 Å². The molecule has 164 valence electrons. The molecule has 1 aromatic heterocycles. The quantitative estimate of drug-likeness (QED) is 0.512. The maximum atomic E-state index is 12.7. The number of aryl methyl sites for hydroxylation is 2. The number of benzene rings is 2. The highest BCUT2D eigenvalue weighted by Gasteiger charge is 2.16. The number of nitrogens with one attached hydrogen (secondary N) is 1. The number of nitrogens with two attached hydrogens (primary N) is 1. The number of hydrogen-bond acceptors (Lipinski definition) is 5. The number of amides is 1. The molecular formula is C23H27N3O3S2. The molecule has 3 rings (SSSR count). The first-order valence-corrected chi connectivity index (χ1v) is 12.3.